The van der Waals surface area contributed by atoms with Crippen LogP contribution in [0.4, 0.5) is 0 Å². The first kappa shape index (κ1) is 14.2. The molecule has 0 saturated carbocycles. The summed E-state index contributed by atoms with van der Waals surface area (Å²) in [4.78, 5) is 0. The molecule has 1 heteroatoms. The molecule has 17 heavy (non-hydrogen) atoms. The van der Waals surface area contributed by atoms with Crippen LogP contribution in [0.1, 0.15) is 50.3 Å². The second kappa shape index (κ2) is 6.20. The first-order valence-corrected chi connectivity index (χ1v) is 6.70. The van der Waals surface area contributed by atoms with Crippen molar-refractivity contribution in [3.63, 3.8) is 0 Å². The lowest BCUT2D eigenvalue weighted by molar-refractivity contribution is 0.419. The van der Waals surface area contributed by atoms with Gasteiger partial charge in [0.15, 0.2) is 0 Å². The van der Waals surface area contributed by atoms with Crippen molar-refractivity contribution >= 4 is 0 Å². The fraction of sp³-hybridized carbons (Fsp3) is 0.625. The molecule has 0 aliphatic rings. The summed E-state index contributed by atoms with van der Waals surface area (Å²) in [7, 11) is 0. The van der Waals surface area contributed by atoms with Crippen LogP contribution in [-0.2, 0) is 6.42 Å². The zero-order valence-electron chi connectivity index (χ0n) is 12.1. The van der Waals surface area contributed by atoms with Gasteiger partial charge >= 0.3 is 0 Å². The van der Waals surface area contributed by atoms with Crippen LogP contribution in [0.15, 0.2) is 18.2 Å². The highest BCUT2D eigenvalue weighted by Gasteiger charge is 2.07. The van der Waals surface area contributed by atoms with Gasteiger partial charge in [0, 0.05) is 5.54 Å². The molecule has 1 N–H and O–H groups in total. The second-order valence-electron chi connectivity index (χ2n) is 5.99. The molecule has 0 fully saturated rings. The largest absolute Gasteiger partial charge is 0.312 e. The Morgan fingerprint density at radius 1 is 1.06 bits per heavy atom. The Morgan fingerprint density at radius 2 is 1.76 bits per heavy atom. The molecule has 0 amide bonds. The van der Waals surface area contributed by atoms with E-state index in [1.165, 1.54) is 36.0 Å². The standard InChI is InChI=1S/C16H27N/c1-13-9-8-11-15(14(13)2)10-6-7-12-17-16(3,4)5/h8-9,11,17H,6-7,10,12H2,1-5H3. The fourth-order valence-electron chi connectivity index (χ4n) is 1.99. The molecule has 0 aliphatic carbocycles. The highest BCUT2D eigenvalue weighted by atomic mass is 14.9. The number of aryl methyl sites for hydroxylation is 2. The van der Waals surface area contributed by atoms with Gasteiger partial charge in [0.25, 0.3) is 0 Å². The van der Waals surface area contributed by atoms with Crippen LogP contribution in [-0.4, -0.2) is 12.1 Å². The Balaban J connectivity index is 2.29. The molecule has 96 valence electrons. The van der Waals surface area contributed by atoms with Crippen molar-refractivity contribution in [1.82, 2.24) is 5.32 Å². The predicted molar refractivity (Wildman–Crippen MR) is 76.6 cm³/mol. The lowest BCUT2D eigenvalue weighted by Crippen LogP contribution is -2.36. The molecule has 0 bridgehead atoms. The molecule has 1 aromatic rings. The lowest BCUT2D eigenvalue weighted by Gasteiger charge is -2.20. The number of unbranched alkanes of at least 4 members (excludes halogenated alkanes) is 1. The van der Waals surface area contributed by atoms with Crippen molar-refractivity contribution < 1.29 is 0 Å². The van der Waals surface area contributed by atoms with Gasteiger partial charge in [-0.05, 0) is 77.1 Å². The van der Waals surface area contributed by atoms with E-state index in [0.717, 1.165) is 6.54 Å². The Kier molecular flexibility index (Phi) is 5.20. The maximum atomic E-state index is 3.53. The summed E-state index contributed by atoms with van der Waals surface area (Å²) >= 11 is 0. The minimum absolute atomic E-state index is 0.249. The van der Waals surface area contributed by atoms with E-state index in [1.807, 2.05) is 0 Å². The summed E-state index contributed by atoms with van der Waals surface area (Å²) in [6.07, 6.45) is 3.73. The predicted octanol–water partition coefficient (Wildman–Crippen LogP) is 4.01. The maximum absolute atomic E-state index is 3.53. The van der Waals surface area contributed by atoms with Crippen molar-refractivity contribution in [2.75, 3.05) is 6.54 Å². The van der Waals surface area contributed by atoms with Crippen LogP contribution in [0.3, 0.4) is 0 Å². The smallest absolute Gasteiger partial charge is 0.00965 e. The molecule has 1 aromatic carbocycles. The maximum Gasteiger partial charge on any atom is 0.00965 e. The van der Waals surface area contributed by atoms with E-state index in [1.54, 1.807) is 0 Å². The molecule has 0 saturated heterocycles. The summed E-state index contributed by atoms with van der Waals surface area (Å²) in [5, 5.41) is 3.53. The molecular weight excluding hydrogens is 206 g/mol. The van der Waals surface area contributed by atoms with Crippen molar-refractivity contribution in [2.24, 2.45) is 0 Å². The van der Waals surface area contributed by atoms with Crippen LogP contribution >= 0.6 is 0 Å². The van der Waals surface area contributed by atoms with Crippen molar-refractivity contribution in [1.29, 1.82) is 0 Å². The van der Waals surface area contributed by atoms with Crippen LogP contribution in [0.25, 0.3) is 0 Å². The molecule has 0 aromatic heterocycles. The second-order valence-corrected chi connectivity index (χ2v) is 5.99. The van der Waals surface area contributed by atoms with Gasteiger partial charge in [-0.15, -0.1) is 0 Å². The minimum atomic E-state index is 0.249. The van der Waals surface area contributed by atoms with Crippen LogP contribution in [0.2, 0.25) is 0 Å². The molecule has 1 nitrogen and oxygen atoms in total. The molecule has 1 rings (SSSR count). The summed E-state index contributed by atoms with van der Waals surface area (Å²) < 4.78 is 0. The van der Waals surface area contributed by atoms with Gasteiger partial charge < -0.3 is 5.32 Å². The Hall–Kier alpha value is -0.820. The van der Waals surface area contributed by atoms with Gasteiger partial charge in [0.05, 0.1) is 0 Å². The molecule has 0 radical (unpaired) electrons. The third-order valence-corrected chi connectivity index (χ3v) is 3.25. The topological polar surface area (TPSA) is 12.0 Å². The van der Waals surface area contributed by atoms with E-state index >= 15 is 0 Å². The zero-order valence-corrected chi connectivity index (χ0v) is 12.1. The first-order valence-electron chi connectivity index (χ1n) is 6.70. The number of rotatable bonds is 5. The van der Waals surface area contributed by atoms with Gasteiger partial charge in [-0.1, -0.05) is 18.2 Å². The first-order chi connectivity index (χ1) is 7.90. The van der Waals surface area contributed by atoms with Gasteiger partial charge in [-0.2, -0.15) is 0 Å². The van der Waals surface area contributed by atoms with Crippen molar-refractivity contribution in [3.05, 3.63) is 34.9 Å². The van der Waals surface area contributed by atoms with Gasteiger partial charge in [0.1, 0.15) is 0 Å². The average Bonchev–Trinajstić information content (AvgIpc) is 2.22. The van der Waals surface area contributed by atoms with E-state index in [4.69, 9.17) is 0 Å². The SMILES string of the molecule is Cc1cccc(CCCCNC(C)(C)C)c1C. The van der Waals surface area contributed by atoms with E-state index in [0.29, 0.717) is 0 Å². The Bertz CT molecular complexity index is 347. The van der Waals surface area contributed by atoms with Crippen LogP contribution in [0, 0.1) is 13.8 Å². The van der Waals surface area contributed by atoms with Crippen LogP contribution in [0.5, 0.6) is 0 Å². The van der Waals surface area contributed by atoms with E-state index in [-0.39, 0.29) is 5.54 Å². The van der Waals surface area contributed by atoms with E-state index in [2.05, 4.69) is 58.1 Å². The van der Waals surface area contributed by atoms with Crippen LogP contribution < -0.4 is 5.32 Å². The lowest BCUT2D eigenvalue weighted by atomic mass is 9.99. The fourth-order valence-corrected chi connectivity index (χ4v) is 1.99. The van der Waals surface area contributed by atoms with Crippen molar-refractivity contribution in [2.45, 2.75) is 59.4 Å². The monoisotopic (exact) mass is 233 g/mol. The van der Waals surface area contributed by atoms with Gasteiger partial charge in [0.2, 0.25) is 0 Å². The summed E-state index contributed by atoms with van der Waals surface area (Å²) in [5.74, 6) is 0. The number of hydrogen-bond donors (Lipinski definition) is 1. The van der Waals surface area contributed by atoms with Crippen molar-refractivity contribution in [3.8, 4) is 0 Å². The third-order valence-electron chi connectivity index (χ3n) is 3.25. The Morgan fingerprint density at radius 3 is 2.41 bits per heavy atom. The molecular formula is C16H27N. The minimum Gasteiger partial charge on any atom is -0.312 e. The number of nitrogens with one attached hydrogen (secondary N) is 1. The summed E-state index contributed by atoms with van der Waals surface area (Å²) in [6, 6.07) is 6.63. The highest BCUT2D eigenvalue weighted by molar-refractivity contribution is 5.33. The van der Waals surface area contributed by atoms with E-state index in [9.17, 15) is 0 Å². The Labute approximate surface area is 107 Å². The highest BCUT2D eigenvalue weighted by Crippen LogP contribution is 2.15. The molecule has 0 aliphatic heterocycles. The third kappa shape index (κ3) is 5.36. The van der Waals surface area contributed by atoms with Gasteiger partial charge in [-0.3, -0.25) is 0 Å². The average molecular weight is 233 g/mol. The van der Waals surface area contributed by atoms with Gasteiger partial charge in [-0.25, -0.2) is 0 Å². The molecule has 0 spiro atoms. The normalized spacial score (nSPS) is 11.8. The zero-order chi connectivity index (χ0) is 12.9. The number of benzene rings is 1. The quantitative estimate of drug-likeness (QED) is 0.758. The number of hydrogen-bond acceptors (Lipinski definition) is 1. The summed E-state index contributed by atoms with van der Waals surface area (Å²) in [5.41, 5.74) is 4.64. The summed E-state index contributed by atoms with van der Waals surface area (Å²) in [6.45, 7) is 12.2. The molecule has 0 heterocycles. The molecule has 0 atom stereocenters. The molecule has 0 unspecified atom stereocenters. The van der Waals surface area contributed by atoms with E-state index < -0.39 is 0 Å².